The Labute approximate surface area is 142 Å². The molecule has 0 atom stereocenters. The molecule has 2 aromatic rings. The van der Waals surface area contributed by atoms with E-state index < -0.39 is 0 Å². The van der Waals surface area contributed by atoms with E-state index in [-0.39, 0.29) is 11.8 Å². The molecule has 0 unspecified atom stereocenters. The minimum Gasteiger partial charge on any atom is -0.357 e. The Kier molecular flexibility index (Phi) is 4.99. The number of piperazine rings is 1. The Morgan fingerprint density at radius 3 is 2.38 bits per heavy atom. The van der Waals surface area contributed by atoms with Gasteiger partial charge in [0.05, 0.1) is 0 Å². The number of amides is 2. The number of nitrogens with zero attached hydrogens (tertiary/aromatic N) is 2. The van der Waals surface area contributed by atoms with Crippen LogP contribution in [0.3, 0.4) is 0 Å². The van der Waals surface area contributed by atoms with Crippen molar-refractivity contribution in [2.75, 3.05) is 26.2 Å². The molecule has 126 valence electrons. The summed E-state index contributed by atoms with van der Waals surface area (Å²) >= 11 is 0. The molecule has 1 fully saturated rings. The van der Waals surface area contributed by atoms with Crippen molar-refractivity contribution in [1.29, 1.82) is 0 Å². The van der Waals surface area contributed by atoms with Crippen LogP contribution in [0.2, 0.25) is 0 Å². The summed E-state index contributed by atoms with van der Waals surface area (Å²) in [6.45, 7) is 4.48. The number of H-pyrrole nitrogens is 1. The Balaban J connectivity index is 1.48. The van der Waals surface area contributed by atoms with Crippen LogP contribution in [-0.2, 0) is 11.2 Å². The molecule has 0 aliphatic carbocycles. The third-order valence-electron chi connectivity index (χ3n) is 4.62. The number of benzene rings is 1. The molecule has 5 nitrogen and oxygen atoms in total. The van der Waals surface area contributed by atoms with Crippen molar-refractivity contribution < 1.29 is 9.59 Å². The number of nitrogens with one attached hydrogen (secondary N) is 1. The second-order valence-electron chi connectivity index (χ2n) is 6.18. The summed E-state index contributed by atoms with van der Waals surface area (Å²) in [7, 11) is 0. The SMILES string of the molecule is Cc1ccccc1CCC(=O)N1CCN(C(=O)c2ccc[nH]2)CC1. The third kappa shape index (κ3) is 3.67. The maximum Gasteiger partial charge on any atom is 0.270 e. The summed E-state index contributed by atoms with van der Waals surface area (Å²) in [4.78, 5) is 31.3. The van der Waals surface area contributed by atoms with Gasteiger partial charge in [-0.2, -0.15) is 0 Å². The second-order valence-corrected chi connectivity index (χ2v) is 6.18. The summed E-state index contributed by atoms with van der Waals surface area (Å²) in [5.74, 6) is 0.178. The summed E-state index contributed by atoms with van der Waals surface area (Å²) in [5.41, 5.74) is 3.06. The highest BCUT2D eigenvalue weighted by Gasteiger charge is 2.24. The average molecular weight is 325 g/mol. The standard InChI is InChI=1S/C19H23N3O2/c1-15-5-2-3-6-16(15)8-9-18(23)21-11-13-22(14-12-21)19(24)17-7-4-10-20-17/h2-7,10,20H,8-9,11-14H2,1H3. The highest BCUT2D eigenvalue weighted by Crippen LogP contribution is 2.12. The quantitative estimate of drug-likeness (QED) is 0.937. The van der Waals surface area contributed by atoms with Crippen LogP contribution in [0, 0.1) is 6.92 Å². The monoisotopic (exact) mass is 325 g/mol. The van der Waals surface area contributed by atoms with Crippen LogP contribution < -0.4 is 0 Å². The molecule has 1 saturated heterocycles. The van der Waals surface area contributed by atoms with Crippen LogP contribution in [0.25, 0.3) is 0 Å². The fourth-order valence-electron chi connectivity index (χ4n) is 3.08. The number of aromatic nitrogens is 1. The van der Waals surface area contributed by atoms with Gasteiger partial charge in [0, 0.05) is 38.8 Å². The van der Waals surface area contributed by atoms with Crippen LogP contribution in [0.4, 0.5) is 0 Å². The average Bonchev–Trinajstić information content (AvgIpc) is 3.15. The fourth-order valence-corrected chi connectivity index (χ4v) is 3.08. The van der Waals surface area contributed by atoms with Gasteiger partial charge < -0.3 is 14.8 Å². The molecule has 1 aliphatic heterocycles. The second kappa shape index (κ2) is 7.34. The Bertz CT molecular complexity index is 701. The lowest BCUT2D eigenvalue weighted by Gasteiger charge is -2.34. The molecule has 2 heterocycles. The largest absolute Gasteiger partial charge is 0.357 e. The molecule has 1 aliphatic rings. The van der Waals surface area contributed by atoms with Crippen molar-refractivity contribution in [2.24, 2.45) is 0 Å². The van der Waals surface area contributed by atoms with E-state index >= 15 is 0 Å². The molecular weight excluding hydrogens is 302 g/mol. The lowest BCUT2D eigenvalue weighted by Crippen LogP contribution is -2.50. The molecule has 0 bridgehead atoms. The van der Waals surface area contributed by atoms with Crippen molar-refractivity contribution in [3.05, 3.63) is 59.4 Å². The van der Waals surface area contributed by atoms with Gasteiger partial charge in [-0.15, -0.1) is 0 Å². The molecular formula is C19H23N3O2. The van der Waals surface area contributed by atoms with Crippen molar-refractivity contribution >= 4 is 11.8 Å². The fraction of sp³-hybridized carbons (Fsp3) is 0.368. The summed E-state index contributed by atoms with van der Waals surface area (Å²) in [6, 6.07) is 11.8. The molecule has 1 aromatic heterocycles. The normalized spacial score (nSPS) is 14.7. The van der Waals surface area contributed by atoms with Crippen molar-refractivity contribution in [3.63, 3.8) is 0 Å². The van der Waals surface area contributed by atoms with Gasteiger partial charge in [0.25, 0.3) is 5.91 Å². The van der Waals surface area contributed by atoms with Gasteiger partial charge in [0.15, 0.2) is 0 Å². The highest BCUT2D eigenvalue weighted by atomic mass is 16.2. The molecule has 24 heavy (non-hydrogen) atoms. The number of aryl methyl sites for hydroxylation is 2. The van der Waals surface area contributed by atoms with Crippen LogP contribution in [0.1, 0.15) is 28.0 Å². The van der Waals surface area contributed by atoms with Gasteiger partial charge in [-0.25, -0.2) is 0 Å². The van der Waals surface area contributed by atoms with E-state index in [4.69, 9.17) is 0 Å². The smallest absolute Gasteiger partial charge is 0.270 e. The number of aromatic amines is 1. The first-order valence-corrected chi connectivity index (χ1v) is 8.40. The zero-order chi connectivity index (χ0) is 16.9. The van der Waals surface area contributed by atoms with Crippen LogP contribution in [0.15, 0.2) is 42.6 Å². The van der Waals surface area contributed by atoms with Crippen LogP contribution in [0.5, 0.6) is 0 Å². The maximum atomic E-state index is 12.4. The first-order valence-electron chi connectivity index (χ1n) is 8.40. The van der Waals surface area contributed by atoms with Crippen LogP contribution in [-0.4, -0.2) is 52.8 Å². The van der Waals surface area contributed by atoms with Crippen LogP contribution >= 0.6 is 0 Å². The molecule has 0 radical (unpaired) electrons. The Morgan fingerprint density at radius 2 is 1.71 bits per heavy atom. The molecule has 0 saturated carbocycles. The molecule has 1 aromatic carbocycles. The maximum absolute atomic E-state index is 12.4. The lowest BCUT2D eigenvalue weighted by atomic mass is 10.0. The van der Waals surface area contributed by atoms with Gasteiger partial charge in [0.1, 0.15) is 5.69 Å². The van der Waals surface area contributed by atoms with E-state index in [1.54, 1.807) is 17.2 Å². The van der Waals surface area contributed by atoms with E-state index in [2.05, 4.69) is 24.0 Å². The number of hydrogen-bond acceptors (Lipinski definition) is 2. The molecule has 3 rings (SSSR count). The van der Waals surface area contributed by atoms with Gasteiger partial charge in [-0.1, -0.05) is 24.3 Å². The van der Waals surface area contributed by atoms with Crippen molar-refractivity contribution in [2.45, 2.75) is 19.8 Å². The first kappa shape index (κ1) is 16.3. The molecule has 0 spiro atoms. The van der Waals surface area contributed by atoms with Crippen molar-refractivity contribution in [3.8, 4) is 0 Å². The predicted molar refractivity (Wildman–Crippen MR) is 92.8 cm³/mol. The minimum atomic E-state index is 0.00649. The predicted octanol–water partition coefficient (Wildman–Crippen LogP) is 2.24. The lowest BCUT2D eigenvalue weighted by molar-refractivity contribution is -0.132. The van der Waals surface area contributed by atoms with Gasteiger partial charge in [0.2, 0.25) is 5.91 Å². The van der Waals surface area contributed by atoms with E-state index in [1.165, 1.54) is 11.1 Å². The zero-order valence-corrected chi connectivity index (χ0v) is 14.0. The van der Waals surface area contributed by atoms with E-state index in [0.29, 0.717) is 38.3 Å². The number of rotatable bonds is 4. The molecule has 2 amide bonds. The Hall–Kier alpha value is -2.56. The van der Waals surface area contributed by atoms with Gasteiger partial charge in [-0.3, -0.25) is 9.59 Å². The molecule has 1 N–H and O–H groups in total. The highest BCUT2D eigenvalue weighted by molar-refractivity contribution is 5.92. The van der Waals surface area contributed by atoms with E-state index in [9.17, 15) is 9.59 Å². The summed E-state index contributed by atoms with van der Waals surface area (Å²) in [5, 5.41) is 0. The molecule has 5 heteroatoms. The summed E-state index contributed by atoms with van der Waals surface area (Å²) in [6.07, 6.45) is 3.04. The number of carbonyl (C=O) groups is 2. The van der Waals surface area contributed by atoms with E-state index in [0.717, 1.165) is 6.42 Å². The first-order chi connectivity index (χ1) is 11.6. The zero-order valence-electron chi connectivity index (χ0n) is 14.0. The van der Waals surface area contributed by atoms with E-state index in [1.807, 2.05) is 23.1 Å². The van der Waals surface area contributed by atoms with Gasteiger partial charge in [-0.05, 0) is 36.6 Å². The van der Waals surface area contributed by atoms with Crippen molar-refractivity contribution in [1.82, 2.24) is 14.8 Å². The topological polar surface area (TPSA) is 56.4 Å². The Morgan fingerprint density at radius 1 is 1.00 bits per heavy atom. The minimum absolute atomic E-state index is 0.00649. The third-order valence-corrected chi connectivity index (χ3v) is 4.62. The number of hydrogen-bond donors (Lipinski definition) is 1. The number of carbonyl (C=O) groups excluding carboxylic acids is 2. The van der Waals surface area contributed by atoms with Gasteiger partial charge >= 0.3 is 0 Å². The summed E-state index contributed by atoms with van der Waals surface area (Å²) < 4.78 is 0.